The number of benzene rings is 2. The molecule has 0 bridgehead atoms. The molecule has 1 saturated heterocycles. The van der Waals surface area contributed by atoms with E-state index >= 15 is 0 Å². The van der Waals surface area contributed by atoms with Crippen molar-refractivity contribution >= 4 is 46.3 Å². The first-order valence-electron chi connectivity index (χ1n) is 8.61. The molecule has 0 spiro atoms. The maximum atomic E-state index is 12.9. The lowest BCUT2D eigenvalue weighted by molar-refractivity contribution is -0.133. The van der Waals surface area contributed by atoms with Crippen LogP contribution in [0, 0.1) is 6.92 Å². The van der Waals surface area contributed by atoms with Gasteiger partial charge in [0.2, 0.25) is 5.91 Å². The van der Waals surface area contributed by atoms with E-state index < -0.39 is 23.4 Å². The van der Waals surface area contributed by atoms with E-state index in [1.807, 2.05) is 19.1 Å². The molecule has 28 heavy (non-hydrogen) atoms. The normalized spacial score (nSPS) is 19.1. The molecule has 2 N–H and O–H groups in total. The highest BCUT2D eigenvalue weighted by atomic mass is 32.1. The van der Waals surface area contributed by atoms with Crippen LogP contribution in [0.3, 0.4) is 0 Å². The number of carbonyl (C=O) groups excluding carboxylic acids is 3. The Hall–Kier alpha value is -3.33. The summed E-state index contributed by atoms with van der Waals surface area (Å²) in [5.41, 5.74) is 2.24. The van der Waals surface area contributed by atoms with Crippen molar-refractivity contribution in [2.24, 2.45) is 0 Å². The topological polar surface area (TPSA) is 104 Å². The number of urea groups is 1. The Morgan fingerprint density at radius 1 is 1.18 bits per heavy atom. The summed E-state index contributed by atoms with van der Waals surface area (Å²) in [6.45, 7) is 3.19. The van der Waals surface area contributed by atoms with E-state index in [2.05, 4.69) is 19.4 Å². The van der Waals surface area contributed by atoms with E-state index in [1.165, 1.54) is 0 Å². The number of carbonyl (C=O) groups is 3. The van der Waals surface area contributed by atoms with Crippen LogP contribution in [-0.2, 0) is 15.1 Å². The van der Waals surface area contributed by atoms with Crippen LogP contribution >= 0.6 is 11.7 Å². The molecule has 1 aliphatic rings. The van der Waals surface area contributed by atoms with E-state index in [4.69, 9.17) is 0 Å². The average Bonchev–Trinajstić information content (AvgIpc) is 3.22. The fourth-order valence-electron chi connectivity index (χ4n) is 3.16. The zero-order valence-corrected chi connectivity index (χ0v) is 16.0. The van der Waals surface area contributed by atoms with Crippen molar-refractivity contribution in [1.29, 1.82) is 0 Å². The number of nitrogens with zero attached hydrogens (tertiary/aromatic N) is 3. The molecule has 1 aromatic heterocycles. The van der Waals surface area contributed by atoms with Crippen LogP contribution in [0.2, 0.25) is 0 Å². The number of amides is 4. The molecule has 1 aliphatic heterocycles. The smallest absolute Gasteiger partial charge is 0.323 e. The van der Waals surface area contributed by atoms with Crippen molar-refractivity contribution in [1.82, 2.24) is 19.0 Å². The van der Waals surface area contributed by atoms with Crippen molar-refractivity contribution in [2.45, 2.75) is 19.4 Å². The Balaban J connectivity index is 1.52. The van der Waals surface area contributed by atoms with Crippen molar-refractivity contribution in [3.8, 4) is 0 Å². The number of nitrogens with one attached hydrogen (secondary N) is 2. The van der Waals surface area contributed by atoms with Gasteiger partial charge in [-0.2, -0.15) is 8.75 Å². The summed E-state index contributed by atoms with van der Waals surface area (Å²) in [6.07, 6.45) is 0. The summed E-state index contributed by atoms with van der Waals surface area (Å²) in [7, 11) is 0. The fraction of sp³-hybridized carbons (Fsp3) is 0.211. The molecule has 0 aliphatic carbocycles. The number of imide groups is 1. The Morgan fingerprint density at radius 3 is 2.68 bits per heavy atom. The Labute approximate surface area is 164 Å². The molecule has 3 aromatic rings. The Bertz CT molecular complexity index is 1090. The summed E-state index contributed by atoms with van der Waals surface area (Å²) in [4.78, 5) is 38.7. The Kier molecular flexibility index (Phi) is 4.31. The minimum Gasteiger partial charge on any atom is -0.323 e. The van der Waals surface area contributed by atoms with Gasteiger partial charge in [-0.25, -0.2) is 4.79 Å². The van der Waals surface area contributed by atoms with Crippen LogP contribution < -0.4 is 10.6 Å². The fourth-order valence-corrected chi connectivity index (χ4v) is 3.71. The lowest BCUT2D eigenvalue weighted by Gasteiger charge is -2.22. The minimum absolute atomic E-state index is 0.389. The summed E-state index contributed by atoms with van der Waals surface area (Å²) >= 11 is 1.05. The lowest BCUT2D eigenvalue weighted by atomic mass is 9.91. The second-order valence-electron chi connectivity index (χ2n) is 6.80. The van der Waals surface area contributed by atoms with Gasteiger partial charge in [0.15, 0.2) is 0 Å². The number of aromatic nitrogens is 2. The van der Waals surface area contributed by atoms with Gasteiger partial charge in [-0.1, -0.05) is 35.9 Å². The third-order valence-electron chi connectivity index (χ3n) is 4.77. The van der Waals surface area contributed by atoms with Crippen molar-refractivity contribution < 1.29 is 14.4 Å². The monoisotopic (exact) mass is 395 g/mol. The SMILES string of the molecule is Cc1ccc(C2(C)NC(=O)N(CC(=O)Nc3cccc4nsnc34)C2=O)cc1. The molecule has 1 unspecified atom stereocenters. The van der Waals surface area contributed by atoms with Gasteiger partial charge in [0.1, 0.15) is 23.1 Å². The third kappa shape index (κ3) is 2.99. The second-order valence-corrected chi connectivity index (χ2v) is 7.33. The quantitative estimate of drug-likeness (QED) is 0.660. The van der Waals surface area contributed by atoms with E-state index in [1.54, 1.807) is 37.3 Å². The van der Waals surface area contributed by atoms with Gasteiger partial charge in [0.05, 0.1) is 17.4 Å². The summed E-state index contributed by atoms with van der Waals surface area (Å²) in [6, 6.07) is 12.0. The molecule has 4 rings (SSSR count). The first kappa shape index (κ1) is 18.1. The van der Waals surface area contributed by atoms with Gasteiger partial charge in [-0.3, -0.25) is 14.5 Å². The van der Waals surface area contributed by atoms with Gasteiger partial charge in [0.25, 0.3) is 5.91 Å². The van der Waals surface area contributed by atoms with Crippen LogP contribution in [-0.4, -0.2) is 38.0 Å². The van der Waals surface area contributed by atoms with E-state index in [-0.39, 0.29) is 6.54 Å². The minimum atomic E-state index is -1.20. The lowest BCUT2D eigenvalue weighted by Crippen LogP contribution is -2.42. The molecular formula is C19H17N5O3S. The average molecular weight is 395 g/mol. The maximum Gasteiger partial charge on any atom is 0.325 e. The molecule has 142 valence electrons. The number of aryl methyl sites for hydroxylation is 1. The molecule has 1 atom stereocenters. The van der Waals surface area contributed by atoms with Gasteiger partial charge in [-0.15, -0.1) is 0 Å². The maximum absolute atomic E-state index is 12.9. The molecule has 9 heteroatoms. The first-order chi connectivity index (χ1) is 13.4. The highest BCUT2D eigenvalue weighted by Gasteiger charge is 2.49. The van der Waals surface area contributed by atoms with Gasteiger partial charge >= 0.3 is 6.03 Å². The van der Waals surface area contributed by atoms with Gasteiger partial charge < -0.3 is 10.6 Å². The highest BCUT2D eigenvalue weighted by molar-refractivity contribution is 7.00. The van der Waals surface area contributed by atoms with Crippen LogP contribution in [0.5, 0.6) is 0 Å². The zero-order valence-electron chi connectivity index (χ0n) is 15.2. The molecule has 2 heterocycles. The molecule has 4 amide bonds. The number of hydrogen-bond acceptors (Lipinski definition) is 6. The largest absolute Gasteiger partial charge is 0.325 e. The number of fused-ring (bicyclic) bond motifs is 1. The molecular weight excluding hydrogens is 378 g/mol. The Morgan fingerprint density at radius 2 is 1.93 bits per heavy atom. The molecule has 8 nitrogen and oxygen atoms in total. The number of anilines is 1. The van der Waals surface area contributed by atoms with Crippen LogP contribution in [0.15, 0.2) is 42.5 Å². The summed E-state index contributed by atoms with van der Waals surface area (Å²) in [5.74, 6) is -0.956. The van der Waals surface area contributed by atoms with Crippen LogP contribution in [0.1, 0.15) is 18.1 Å². The standard InChI is InChI=1S/C19H17N5O3S/c1-11-6-8-12(9-7-11)19(2)17(26)24(18(27)21-19)10-15(25)20-13-4-3-5-14-16(13)23-28-22-14/h3-9H,10H2,1-2H3,(H,20,25)(H,21,27). The van der Waals surface area contributed by atoms with Crippen molar-refractivity contribution in [3.63, 3.8) is 0 Å². The van der Waals surface area contributed by atoms with Crippen molar-refractivity contribution in [3.05, 3.63) is 53.6 Å². The van der Waals surface area contributed by atoms with Gasteiger partial charge in [0, 0.05) is 0 Å². The third-order valence-corrected chi connectivity index (χ3v) is 5.31. The number of rotatable bonds is 4. The molecule has 1 fully saturated rings. The van der Waals surface area contributed by atoms with Crippen LogP contribution in [0.4, 0.5) is 10.5 Å². The molecule has 0 saturated carbocycles. The first-order valence-corrected chi connectivity index (χ1v) is 9.34. The van der Waals surface area contributed by atoms with E-state index in [9.17, 15) is 14.4 Å². The predicted molar refractivity (Wildman–Crippen MR) is 105 cm³/mol. The highest BCUT2D eigenvalue weighted by Crippen LogP contribution is 2.29. The molecule has 0 radical (unpaired) electrons. The van der Waals surface area contributed by atoms with Crippen LogP contribution in [0.25, 0.3) is 11.0 Å². The van der Waals surface area contributed by atoms with E-state index in [0.717, 1.165) is 22.2 Å². The molecule has 2 aromatic carbocycles. The summed E-state index contributed by atoms with van der Waals surface area (Å²) in [5, 5.41) is 5.40. The zero-order chi connectivity index (χ0) is 19.9. The second kappa shape index (κ2) is 6.68. The predicted octanol–water partition coefficient (Wildman–Crippen LogP) is 2.41. The van der Waals surface area contributed by atoms with E-state index in [0.29, 0.717) is 22.3 Å². The number of hydrogen-bond donors (Lipinski definition) is 2. The van der Waals surface area contributed by atoms with Gasteiger partial charge in [-0.05, 0) is 31.5 Å². The van der Waals surface area contributed by atoms with Crippen molar-refractivity contribution in [2.75, 3.05) is 11.9 Å². The summed E-state index contributed by atoms with van der Waals surface area (Å²) < 4.78 is 8.28.